The molecular weight excluding hydrogens is 174 g/mol. The summed E-state index contributed by atoms with van der Waals surface area (Å²) in [5.41, 5.74) is 7.69. The summed E-state index contributed by atoms with van der Waals surface area (Å²) in [4.78, 5) is 0. The second-order valence-corrected chi connectivity index (χ2v) is 4.68. The predicted octanol–water partition coefficient (Wildman–Crippen LogP) is 1.90. The van der Waals surface area contributed by atoms with Gasteiger partial charge in [0, 0.05) is 5.69 Å². The molecule has 0 aromatic heterocycles. The summed E-state index contributed by atoms with van der Waals surface area (Å²) in [6, 6.07) is 8.02. The Kier molecular flexibility index (Phi) is 1.49. The number of benzene rings is 1. The Hall–Kier alpha value is -1.02. The highest BCUT2D eigenvalue weighted by molar-refractivity contribution is 5.51. The van der Waals surface area contributed by atoms with Crippen molar-refractivity contribution in [1.82, 2.24) is 0 Å². The van der Waals surface area contributed by atoms with Gasteiger partial charge in [-0.2, -0.15) is 0 Å². The van der Waals surface area contributed by atoms with Crippen molar-refractivity contribution in [1.29, 1.82) is 0 Å². The van der Waals surface area contributed by atoms with Crippen molar-refractivity contribution in [2.45, 2.75) is 30.8 Å². The Labute approximate surface area is 83.7 Å². The second kappa shape index (κ2) is 2.51. The van der Waals surface area contributed by atoms with Crippen molar-refractivity contribution in [2.24, 2.45) is 5.92 Å². The largest absolute Gasteiger partial charge is 0.398 e. The summed E-state index contributed by atoms with van der Waals surface area (Å²) in [6.07, 6.45) is 3.09. The van der Waals surface area contributed by atoms with Crippen molar-refractivity contribution in [3.8, 4) is 0 Å². The molecule has 0 spiro atoms. The van der Waals surface area contributed by atoms with Crippen LogP contribution in [0.25, 0.3) is 0 Å². The monoisotopic (exact) mass is 189 g/mol. The standard InChI is InChI=1S/C12H15NO/c13-11-4-2-1-3-8(11)9-7-10(9)12(14)5-6-12/h1-4,9-10,14H,5-7,13H2. The number of anilines is 1. The van der Waals surface area contributed by atoms with Gasteiger partial charge in [0.1, 0.15) is 0 Å². The Bertz CT molecular complexity index is 370. The number of nitrogen functional groups attached to an aromatic ring is 1. The van der Waals surface area contributed by atoms with Crippen LogP contribution >= 0.6 is 0 Å². The summed E-state index contributed by atoms with van der Waals surface area (Å²) < 4.78 is 0. The van der Waals surface area contributed by atoms with Crippen LogP contribution in [0, 0.1) is 5.92 Å². The topological polar surface area (TPSA) is 46.2 Å². The molecule has 0 aliphatic heterocycles. The third kappa shape index (κ3) is 1.14. The van der Waals surface area contributed by atoms with E-state index in [0.29, 0.717) is 11.8 Å². The quantitative estimate of drug-likeness (QED) is 0.698. The minimum Gasteiger partial charge on any atom is -0.398 e. The van der Waals surface area contributed by atoms with Crippen LogP contribution in [0.1, 0.15) is 30.7 Å². The van der Waals surface area contributed by atoms with E-state index in [1.807, 2.05) is 18.2 Å². The van der Waals surface area contributed by atoms with Gasteiger partial charge in [-0.25, -0.2) is 0 Å². The Morgan fingerprint density at radius 1 is 1.29 bits per heavy atom. The molecular formula is C12H15NO. The third-order valence-electron chi connectivity index (χ3n) is 3.64. The molecule has 2 unspecified atom stereocenters. The maximum absolute atomic E-state index is 9.95. The molecule has 2 aliphatic rings. The first-order valence-electron chi connectivity index (χ1n) is 5.27. The Balaban J connectivity index is 1.83. The highest BCUT2D eigenvalue weighted by Gasteiger charge is 2.59. The van der Waals surface area contributed by atoms with E-state index in [4.69, 9.17) is 5.73 Å². The van der Waals surface area contributed by atoms with E-state index in [1.54, 1.807) is 0 Å². The molecule has 3 rings (SSSR count). The molecule has 1 aromatic carbocycles. The van der Waals surface area contributed by atoms with E-state index < -0.39 is 0 Å². The van der Waals surface area contributed by atoms with Crippen molar-refractivity contribution >= 4 is 5.69 Å². The summed E-state index contributed by atoms with van der Waals surface area (Å²) in [6.45, 7) is 0. The minimum atomic E-state index is -0.326. The average Bonchev–Trinajstić information content (AvgIpc) is 3.01. The summed E-state index contributed by atoms with van der Waals surface area (Å²) in [7, 11) is 0. The van der Waals surface area contributed by atoms with Crippen LogP contribution in [0.5, 0.6) is 0 Å². The molecule has 0 amide bonds. The van der Waals surface area contributed by atoms with Crippen LogP contribution in [0.15, 0.2) is 24.3 Å². The molecule has 2 atom stereocenters. The molecule has 2 heteroatoms. The maximum atomic E-state index is 9.95. The van der Waals surface area contributed by atoms with Crippen LogP contribution in [0.2, 0.25) is 0 Å². The van der Waals surface area contributed by atoms with E-state index in [1.165, 1.54) is 5.56 Å². The number of aliphatic hydroxyl groups is 1. The molecule has 0 radical (unpaired) electrons. The number of para-hydroxylation sites is 1. The lowest BCUT2D eigenvalue weighted by molar-refractivity contribution is 0.124. The van der Waals surface area contributed by atoms with Gasteiger partial charge in [-0.05, 0) is 42.7 Å². The smallest absolute Gasteiger partial charge is 0.0684 e. The van der Waals surface area contributed by atoms with Gasteiger partial charge >= 0.3 is 0 Å². The van der Waals surface area contributed by atoms with Crippen LogP contribution in [-0.2, 0) is 0 Å². The lowest BCUT2D eigenvalue weighted by Gasteiger charge is -2.08. The fourth-order valence-electron chi connectivity index (χ4n) is 2.48. The first-order valence-corrected chi connectivity index (χ1v) is 5.27. The van der Waals surface area contributed by atoms with Crippen LogP contribution in [0.3, 0.4) is 0 Å². The van der Waals surface area contributed by atoms with Gasteiger partial charge in [-0.1, -0.05) is 18.2 Å². The van der Waals surface area contributed by atoms with Crippen LogP contribution < -0.4 is 5.73 Å². The van der Waals surface area contributed by atoms with E-state index >= 15 is 0 Å². The van der Waals surface area contributed by atoms with Crippen LogP contribution in [0.4, 0.5) is 5.69 Å². The Morgan fingerprint density at radius 2 is 2.00 bits per heavy atom. The molecule has 0 heterocycles. The van der Waals surface area contributed by atoms with Crippen molar-refractivity contribution < 1.29 is 5.11 Å². The van der Waals surface area contributed by atoms with Gasteiger partial charge in [-0.3, -0.25) is 0 Å². The zero-order valence-corrected chi connectivity index (χ0v) is 8.11. The molecule has 2 aliphatic carbocycles. The molecule has 3 N–H and O–H groups in total. The van der Waals surface area contributed by atoms with E-state index in [2.05, 4.69) is 6.07 Å². The number of rotatable bonds is 2. The zero-order valence-electron chi connectivity index (χ0n) is 8.11. The van der Waals surface area contributed by atoms with Gasteiger partial charge in [0.15, 0.2) is 0 Å². The van der Waals surface area contributed by atoms with Gasteiger partial charge in [0.25, 0.3) is 0 Å². The first kappa shape index (κ1) is 8.30. The highest BCUT2D eigenvalue weighted by Crippen LogP contribution is 2.62. The average molecular weight is 189 g/mol. The molecule has 2 nitrogen and oxygen atoms in total. The zero-order chi connectivity index (χ0) is 9.76. The molecule has 0 bridgehead atoms. The molecule has 2 fully saturated rings. The predicted molar refractivity (Wildman–Crippen MR) is 55.9 cm³/mol. The fraction of sp³-hybridized carbons (Fsp3) is 0.500. The number of hydrogen-bond donors (Lipinski definition) is 2. The molecule has 0 saturated heterocycles. The van der Waals surface area contributed by atoms with Crippen LogP contribution in [-0.4, -0.2) is 10.7 Å². The molecule has 2 saturated carbocycles. The Morgan fingerprint density at radius 3 is 2.64 bits per heavy atom. The van der Waals surface area contributed by atoms with Crippen molar-refractivity contribution in [3.05, 3.63) is 29.8 Å². The van der Waals surface area contributed by atoms with Gasteiger partial charge in [-0.15, -0.1) is 0 Å². The van der Waals surface area contributed by atoms with Gasteiger partial charge in [0.2, 0.25) is 0 Å². The van der Waals surface area contributed by atoms with Gasteiger partial charge in [0.05, 0.1) is 5.60 Å². The summed E-state index contributed by atoms with van der Waals surface area (Å²) in [5, 5.41) is 9.95. The third-order valence-corrected chi connectivity index (χ3v) is 3.64. The van der Waals surface area contributed by atoms with E-state index in [0.717, 1.165) is 24.9 Å². The minimum absolute atomic E-state index is 0.326. The lowest BCUT2D eigenvalue weighted by Crippen LogP contribution is -2.10. The second-order valence-electron chi connectivity index (χ2n) is 4.68. The van der Waals surface area contributed by atoms with Crippen molar-refractivity contribution in [3.63, 3.8) is 0 Å². The fourth-order valence-corrected chi connectivity index (χ4v) is 2.48. The van der Waals surface area contributed by atoms with Crippen molar-refractivity contribution in [2.75, 3.05) is 5.73 Å². The lowest BCUT2D eigenvalue weighted by atomic mass is 10.0. The molecule has 74 valence electrons. The summed E-state index contributed by atoms with van der Waals surface area (Å²) in [5.74, 6) is 0.996. The molecule has 1 aromatic rings. The van der Waals surface area contributed by atoms with Gasteiger partial charge < -0.3 is 10.8 Å². The maximum Gasteiger partial charge on any atom is 0.0684 e. The summed E-state index contributed by atoms with van der Waals surface area (Å²) >= 11 is 0. The highest BCUT2D eigenvalue weighted by atomic mass is 16.3. The normalized spacial score (nSPS) is 32.6. The van der Waals surface area contributed by atoms with E-state index in [9.17, 15) is 5.11 Å². The SMILES string of the molecule is Nc1ccccc1C1CC1C1(O)CC1. The number of hydrogen-bond acceptors (Lipinski definition) is 2. The first-order chi connectivity index (χ1) is 6.71. The molecule has 14 heavy (non-hydrogen) atoms. The number of nitrogens with two attached hydrogens (primary N) is 1. The van der Waals surface area contributed by atoms with E-state index in [-0.39, 0.29) is 5.60 Å².